The highest BCUT2D eigenvalue weighted by Crippen LogP contribution is 2.40. The third kappa shape index (κ3) is 16.5. The van der Waals surface area contributed by atoms with E-state index in [0.29, 0.717) is 53.0 Å². The highest BCUT2D eigenvalue weighted by Gasteiger charge is 2.35. The average molecular weight is 869 g/mol. The summed E-state index contributed by atoms with van der Waals surface area (Å²) in [7, 11) is 5.70. The molecule has 1 aliphatic rings. The fourth-order valence-corrected chi connectivity index (χ4v) is 7.09. The van der Waals surface area contributed by atoms with Gasteiger partial charge in [0.2, 0.25) is 23.6 Å². The van der Waals surface area contributed by atoms with E-state index in [1.807, 2.05) is 6.07 Å². The number of hydrogen-bond acceptors (Lipinski definition) is 12. The molecule has 3 rings (SSSR count). The van der Waals surface area contributed by atoms with Gasteiger partial charge in [-0.05, 0) is 88.3 Å². The Kier molecular flexibility index (Phi) is 20.9. The van der Waals surface area contributed by atoms with E-state index in [1.54, 1.807) is 51.1 Å². The monoisotopic (exact) mass is 868 g/mol. The minimum absolute atomic E-state index is 0.0771. The van der Waals surface area contributed by atoms with E-state index in [4.69, 9.17) is 18.9 Å². The van der Waals surface area contributed by atoms with Crippen molar-refractivity contribution in [1.29, 1.82) is 0 Å². The molecule has 17 heteroatoms. The van der Waals surface area contributed by atoms with Gasteiger partial charge in [0.05, 0.1) is 27.9 Å². The van der Waals surface area contributed by atoms with Gasteiger partial charge in [0.1, 0.15) is 41.5 Å². The molecular weight excluding hydrogens is 801 g/mol. The second-order valence-corrected chi connectivity index (χ2v) is 16.4. The summed E-state index contributed by atoms with van der Waals surface area (Å²) in [6, 6.07) is 7.00. The lowest BCUT2D eigenvalue weighted by molar-refractivity contribution is -0.144. The van der Waals surface area contributed by atoms with E-state index in [2.05, 4.69) is 33.5 Å². The van der Waals surface area contributed by atoms with Crippen LogP contribution in [-0.4, -0.2) is 118 Å². The van der Waals surface area contributed by atoms with Crippen molar-refractivity contribution in [1.82, 2.24) is 31.5 Å². The number of carbonyl (C=O) groups is 6. The summed E-state index contributed by atoms with van der Waals surface area (Å²) in [5.74, 6) is -1.59. The smallest absolute Gasteiger partial charge is 0.407 e. The third-order valence-corrected chi connectivity index (χ3v) is 10.3. The number of benzene rings is 2. The number of nitrogens with one attached hydrogen (secondary N) is 5. The zero-order valence-electron chi connectivity index (χ0n) is 37.6. The van der Waals surface area contributed by atoms with Crippen LogP contribution >= 0.6 is 0 Å². The van der Waals surface area contributed by atoms with Gasteiger partial charge in [-0.3, -0.25) is 29.3 Å². The molecule has 62 heavy (non-hydrogen) atoms. The number of rotatable bonds is 20. The van der Waals surface area contributed by atoms with Crippen LogP contribution in [0.5, 0.6) is 11.5 Å². The number of likely N-dealkylation sites (N-methyl/N-ethyl adjacent to an activating group) is 1. The Morgan fingerprint density at radius 1 is 0.855 bits per heavy atom. The Balaban J connectivity index is 1.95. The molecule has 344 valence electrons. The van der Waals surface area contributed by atoms with E-state index in [-0.39, 0.29) is 44.8 Å². The van der Waals surface area contributed by atoms with Gasteiger partial charge in [0.15, 0.2) is 0 Å². The van der Waals surface area contributed by atoms with E-state index < -0.39 is 59.7 Å². The molecule has 2 aromatic rings. The first-order valence-corrected chi connectivity index (χ1v) is 21.5. The second-order valence-electron chi connectivity index (χ2n) is 16.4. The standard InChI is InChI=1S/C45H68N6O11/c1-9-10-11-12-13-17-37(52)46-24-22-38(53)49-33(16-14-15-23-47-44(58)62-45(2,3)4)42(56)51(5)40-30-19-21-36(60-7)32(27-30)31-25-29(18-20-35(31)59-6)26-34(43(57)61-8)50-39(54)28-48-41(40)55/h18-21,25,27,33-34,39-40,50,54H,9-17,22-24,26,28H2,1-8H3,(H,46,52)(H,47,58)(H,48,55)(H,49,53). The Labute approximate surface area is 365 Å². The Morgan fingerprint density at radius 2 is 1.53 bits per heavy atom. The van der Waals surface area contributed by atoms with Gasteiger partial charge in [-0.1, -0.05) is 44.7 Å². The largest absolute Gasteiger partial charge is 0.496 e. The third-order valence-electron chi connectivity index (χ3n) is 10.3. The molecule has 0 radical (unpaired) electrons. The van der Waals surface area contributed by atoms with E-state index in [1.165, 1.54) is 33.3 Å². The van der Waals surface area contributed by atoms with Crippen molar-refractivity contribution in [2.75, 3.05) is 48.0 Å². The Morgan fingerprint density at radius 3 is 2.19 bits per heavy atom. The van der Waals surface area contributed by atoms with Crippen LogP contribution in [-0.2, 0) is 39.9 Å². The molecule has 0 aromatic heterocycles. The number of unbranched alkanes of at least 4 members (excludes halogenated alkanes) is 5. The predicted octanol–water partition coefficient (Wildman–Crippen LogP) is 4.04. The molecule has 6 N–H and O–H groups in total. The number of esters is 1. The zero-order chi connectivity index (χ0) is 45.8. The topological polar surface area (TPSA) is 223 Å². The van der Waals surface area contributed by atoms with E-state index >= 15 is 0 Å². The van der Waals surface area contributed by atoms with Crippen LogP contribution in [0.4, 0.5) is 4.79 Å². The summed E-state index contributed by atoms with van der Waals surface area (Å²) < 4.78 is 21.8. The van der Waals surface area contributed by atoms with Crippen molar-refractivity contribution in [3.63, 3.8) is 0 Å². The molecule has 0 saturated carbocycles. The maximum absolute atomic E-state index is 14.6. The summed E-state index contributed by atoms with van der Waals surface area (Å²) in [5, 5.41) is 24.8. The SMILES string of the molecule is CCCCCCCC(=O)NCCC(=O)NC(CCCCNC(=O)OC(C)(C)C)C(=O)N(C)C1C(=O)NCC(O)NC(C(=O)OC)Cc2ccc(OC)c(c2)-c2cc1ccc2OC. The molecule has 1 aliphatic heterocycles. The quantitative estimate of drug-likeness (QED) is 0.0820. The average Bonchev–Trinajstić information content (AvgIpc) is 3.23. The highest BCUT2D eigenvalue weighted by atomic mass is 16.6. The lowest BCUT2D eigenvalue weighted by atomic mass is 9.93. The number of methoxy groups -OCH3 is 3. The molecule has 0 fully saturated rings. The number of amides is 5. The van der Waals surface area contributed by atoms with Crippen molar-refractivity contribution in [2.45, 2.75) is 128 Å². The van der Waals surface area contributed by atoms with Gasteiger partial charge in [0, 0.05) is 44.1 Å². The first-order valence-electron chi connectivity index (χ1n) is 21.5. The van der Waals surface area contributed by atoms with Crippen molar-refractivity contribution in [3.8, 4) is 22.6 Å². The number of alkyl carbamates (subject to hydrolysis) is 1. The van der Waals surface area contributed by atoms with Crippen LogP contribution < -0.4 is 36.1 Å². The zero-order valence-corrected chi connectivity index (χ0v) is 37.6. The number of β-amino-alcohol motifs (C(OH)–C–C–N with tert-alkyl or cyclic N) is 1. The van der Waals surface area contributed by atoms with E-state index in [9.17, 15) is 33.9 Å². The maximum atomic E-state index is 14.6. The van der Waals surface area contributed by atoms with Crippen LogP contribution in [0, 0.1) is 0 Å². The lowest BCUT2D eigenvalue weighted by Gasteiger charge is -2.32. The molecular formula is C45H68N6O11. The first-order chi connectivity index (χ1) is 29.5. The number of aliphatic hydroxyl groups excluding tert-OH is 1. The summed E-state index contributed by atoms with van der Waals surface area (Å²) in [6.45, 7) is 7.39. The summed E-state index contributed by atoms with van der Waals surface area (Å²) in [5.41, 5.74) is 1.52. The van der Waals surface area contributed by atoms with Gasteiger partial charge < -0.3 is 50.2 Å². The van der Waals surface area contributed by atoms with Gasteiger partial charge in [-0.2, -0.15) is 0 Å². The van der Waals surface area contributed by atoms with Crippen LogP contribution in [0.1, 0.15) is 109 Å². The molecule has 0 aliphatic carbocycles. The fraction of sp³-hybridized carbons (Fsp3) is 0.600. The van der Waals surface area contributed by atoms with Crippen molar-refractivity contribution in [2.24, 2.45) is 0 Å². The second kappa shape index (κ2) is 25.5. The van der Waals surface area contributed by atoms with Crippen molar-refractivity contribution in [3.05, 3.63) is 47.5 Å². The fourth-order valence-electron chi connectivity index (χ4n) is 7.09. The van der Waals surface area contributed by atoms with Crippen molar-refractivity contribution < 1.29 is 52.8 Å². The number of fused-ring (bicyclic) bond motifs is 5. The Hall–Kier alpha value is -5.42. The maximum Gasteiger partial charge on any atom is 0.407 e. The van der Waals surface area contributed by atoms with Crippen LogP contribution in [0.2, 0.25) is 0 Å². The molecule has 17 nitrogen and oxygen atoms in total. The molecule has 1 heterocycles. The van der Waals surface area contributed by atoms with Gasteiger partial charge in [-0.15, -0.1) is 0 Å². The molecule has 4 bridgehead atoms. The van der Waals surface area contributed by atoms with Crippen LogP contribution in [0.3, 0.4) is 0 Å². The Bertz CT molecular complexity index is 1820. The molecule has 4 unspecified atom stereocenters. The lowest BCUT2D eigenvalue weighted by Crippen LogP contribution is -2.53. The number of ether oxygens (including phenoxy) is 4. The highest BCUT2D eigenvalue weighted by molar-refractivity contribution is 5.93. The molecule has 2 aromatic carbocycles. The van der Waals surface area contributed by atoms with Crippen LogP contribution in [0.15, 0.2) is 36.4 Å². The predicted molar refractivity (Wildman–Crippen MR) is 233 cm³/mol. The number of carbonyl (C=O) groups excluding carboxylic acids is 6. The molecule has 0 spiro atoms. The van der Waals surface area contributed by atoms with E-state index in [0.717, 1.165) is 32.1 Å². The summed E-state index contributed by atoms with van der Waals surface area (Å²) >= 11 is 0. The minimum Gasteiger partial charge on any atom is -0.496 e. The van der Waals surface area contributed by atoms with Gasteiger partial charge in [0.25, 0.3) is 0 Å². The van der Waals surface area contributed by atoms with Crippen LogP contribution in [0.25, 0.3) is 11.1 Å². The molecule has 0 saturated heterocycles. The first kappa shape index (κ1) is 50.9. The normalized spacial score (nSPS) is 17.0. The van der Waals surface area contributed by atoms with Crippen molar-refractivity contribution >= 4 is 35.7 Å². The molecule has 4 atom stereocenters. The summed E-state index contributed by atoms with van der Waals surface area (Å²) in [6.07, 6.45) is 4.44. The van der Waals surface area contributed by atoms with Gasteiger partial charge in [-0.25, -0.2) is 4.79 Å². The number of nitrogens with zero attached hydrogens (tertiary/aromatic N) is 1. The van der Waals surface area contributed by atoms with Gasteiger partial charge >= 0.3 is 12.1 Å². The summed E-state index contributed by atoms with van der Waals surface area (Å²) in [4.78, 5) is 81.0. The minimum atomic E-state index is -1.39. The number of aliphatic hydroxyl groups is 1. The molecule has 5 amide bonds. The number of hydrogen-bond donors (Lipinski definition) is 6.